The van der Waals surface area contributed by atoms with Crippen LogP contribution in [0.25, 0.3) is 10.9 Å². The van der Waals surface area contributed by atoms with E-state index in [1.165, 1.54) is 7.11 Å². The van der Waals surface area contributed by atoms with Crippen molar-refractivity contribution in [2.75, 3.05) is 17.7 Å². The fourth-order valence-electron chi connectivity index (χ4n) is 3.81. The molecule has 0 radical (unpaired) electrons. The minimum absolute atomic E-state index is 0.155. The van der Waals surface area contributed by atoms with Crippen molar-refractivity contribution >= 4 is 45.9 Å². The summed E-state index contributed by atoms with van der Waals surface area (Å²) < 4.78 is 13.0. The van der Waals surface area contributed by atoms with E-state index in [0.29, 0.717) is 50.2 Å². The molecule has 0 fully saturated rings. The number of halogens is 1. The molecule has 0 bridgehead atoms. The second-order valence-electron chi connectivity index (χ2n) is 9.76. The Morgan fingerprint density at radius 3 is 2.42 bits per heavy atom. The number of nitrogens with one attached hydrogen (secondary N) is 2. The average molecular weight is 537 g/mol. The third kappa shape index (κ3) is 5.35. The van der Waals surface area contributed by atoms with Crippen LogP contribution in [0.1, 0.15) is 42.4 Å². The Balaban J connectivity index is 1.57. The molecule has 0 aliphatic rings. The number of anilines is 2. The topological polar surface area (TPSA) is 133 Å². The van der Waals surface area contributed by atoms with Gasteiger partial charge < -0.3 is 20.5 Å². The van der Waals surface area contributed by atoms with E-state index in [-0.39, 0.29) is 11.0 Å². The normalized spacial score (nSPS) is 11.3. The second-order valence-corrected chi connectivity index (χ2v) is 10.1. The van der Waals surface area contributed by atoms with Crippen molar-refractivity contribution in [1.82, 2.24) is 14.8 Å². The van der Waals surface area contributed by atoms with Gasteiger partial charge in [0.25, 0.3) is 5.91 Å². The van der Waals surface area contributed by atoms with Crippen LogP contribution in [0.2, 0.25) is 5.02 Å². The quantitative estimate of drug-likeness (QED) is 0.286. The Labute approximate surface area is 225 Å². The van der Waals surface area contributed by atoms with E-state index < -0.39 is 11.9 Å². The lowest BCUT2D eigenvalue weighted by atomic mass is 9.92. The number of methoxy groups -OCH3 is 1. The summed E-state index contributed by atoms with van der Waals surface area (Å²) in [5.74, 6) is 1.15. The number of fused-ring (bicyclic) bond motifs is 1. The molecule has 11 heteroatoms. The molecule has 4 N–H and O–H groups in total. The maximum Gasteiger partial charge on any atom is 0.324 e. The van der Waals surface area contributed by atoms with Crippen LogP contribution in [0.5, 0.6) is 17.2 Å². The summed E-state index contributed by atoms with van der Waals surface area (Å²) in [6.07, 6.45) is 1.59. The van der Waals surface area contributed by atoms with E-state index in [0.717, 1.165) is 5.69 Å². The van der Waals surface area contributed by atoms with Crippen molar-refractivity contribution < 1.29 is 19.1 Å². The molecule has 0 unspecified atom stereocenters. The fourth-order valence-corrected chi connectivity index (χ4v) is 4.02. The predicted octanol–water partition coefficient (Wildman–Crippen LogP) is 5.77. The highest BCUT2D eigenvalue weighted by Crippen LogP contribution is 2.38. The first kappa shape index (κ1) is 26.7. The van der Waals surface area contributed by atoms with Gasteiger partial charge in [-0.2, -0.15) is 5.10 Å². The van der Waals surface area contributed by atoms with E-state index >= 15 is 0 Å². The van der Waals surface area contributed by atoms with E-state index in [9.17, 15) is 9.59 Å². The SMILES string of the molecule is COc1cc2nccc(Oc3ccc(NC(=O)Nc4cc(C(C)(C)C)nn4C)c(Cl)c3C)c2cc1C(N)=O. The van der Waals surface area contributed by atoms with Crippen LogP contribution in [-0.4, -0.2) is 33.8 Å². The number of hydrogen-bond donors (Lipinski definition) is 3. The van der Waals surface area contributed by atoms with Crippen LogP contribution in [0, 0.1) is 6.92 Å². The molecule has 198 valence electrons. The lowest BCUT2D eigenvalue weighted by Crippen LogP contribution is -2.21. The number of rotatable bonds is 6. The average Bonchev–Trinajstić information content (AvgIpc) is 3.23. The first-order valence-electron chi connectivity index (χ1n) is 11.7. The number of nitrogens with zero attached hydrogens (tertiary/aromatic N) is 3. The number of benzene rings is 2. The zero-order chi connectivity index (χ0) is 27.8. The van der Waals surface area contributed by atoms with Gasteiger partial charge in [-0.25, -0.2) is 4.79 Å². The van der Waals surface area contributed by atoms with E-state index in [2.05, 4.69) is 20.7 Å². The van der Waals surface area contributed by atoms with Gasteiger partial charge in [-0.15, -0.1) is 0 Å². The Bertz CT molecular complexity index is 1560. The number of hydrogen-bond acceptors (Lipinski definition) is 6. The molecule has 0 saturated heterocycles. The predicted molar refractivity (Wildman–Crippen MR) is 148 cm³/mol. The number of carbonyl (C=O) groups is 2. The van der Waals surface area contributed by atoms with Crippen LogP contribution < -0.4 is 25.8 Å². The number of ether oxygens (including phenoxy) is 2. The molecule has 0 saturated carbocycles. The highest BCUT2D eigenvalue weighted by molar-refractivity contribution is 6.34. The van der Waals surface area contributed by atoms with Crippen LogP contribution in [0.15, 0.2) is 42.6 Å². The smallest absolute Gasteiger partial charge is 0.324 e. The van der Waals surface area contributed by atoms with Gasteiger partial charge >= 0.3 is 6.03 Å². The molecule has 38 heavy (non-hydrogen) atoms. The Morgan fingerprint density at radius 1 is 1.05 bits per heavy atom. The highest BCUT2D eigenvalue weighted by Gasteiger charge is 2.21. The Morgan fingerprint density at radius 2 is 1.79 bits per heavy atom. The van der Waals surface area contributed by atoms with Crippen LogP contribution in [0.3, 0.4) is 0 Å². The van der Waals surface area contributed by atoms with Crippen molar-refractivity contribution in [3.05, 3.63) is 64.4 Å². The first-order chi connectivity index (χ1) is 17.9. The van der Waals surface area contributed by atoms with Gasteiger partial charge in [0.2, 0.25) is 0 Å². The summed E-state index contributed by atoms with van der Waals surface area (Å²) in [5, 5.41) is 10.9. The maximum absolute atomic E-state index is 12.7. The van der Waals surface area contributed by atoms with Crippen LogP contribution in [0.4, 0.5) is 16.3 Å². The molecule has 3 amide bonds. The summed E-state index contributed by atoms with van der Waals surface area (Å²) in [5.41, 5.74) is 8.01. The van der Waals surface area contributed by atoms with Gasteiger partial charge in [-0.1, -0.05) is 32.4 Å². The molecule has 0 aliphatic heterocycles. The van der Waals surface area contributed by atoms with Gasteiger partial charge in [0.05, 0.1) is 34.6 Å². The molecule has 4 aromatic rings. The van der Waals surface area contributed by atoms with Crippen molar-refractivity contribution in [3.8, 4) is 17.2 Å². The number of carbonyl (C=O) groups excluding carboxylic acids is 2. The molecule has 0 spiro atoms. The van der Waals surface area contributed by atoms with Gasteiger partial charge in [0.1, 0.15) is 23.1 Å². The second kappa shape index (κ2) is 10.2. The standard InChI is InChI=1S/C27H29ClN6O4/c1-14-19(38-20-9-10-30-18-12-21(37-6)16(25(29)35)11-15(18)20)8-7-17(24(14)28)31-26(36)32-23-13-22(27(2,3)4)33-34(23)5/h7-13H,1-6H3,(H2,29,35)(H2,31,32,36). The van der Waals surface area contributed by atoms with Crippen molar-refractivity contribution in [2.45, 2.75) is 33.1 Å². The molecule has 0 atom stereocenters. The summed E-state index contributed by atoms with van der Waals surface area (Å²) in [4.78, 5) is 29.0. The maximum atomic E-state index is 12.7. The summed E-state index contributed by atoms with van der Waals surface area (Å²) in [6, 6.07) is 9.60. The lowest BCUT2D eigenvalue weighted by molar-refractivity contribution is 0.0997. The minimum Gasteiger partial charge on any atom is -0.496 e. The Hall–Kier alpha value is -4.31. The molecule has 4 rings (SSSR count). The van der Waals surface area contributed by atoms with Crippen molar-refractivity contribution in [2.24, 2.45) is 12.8 Å². The van der Waals surface area contributed by atoms with Crippen LogP contribution in [-0.2, 0) is 12.5 Å². The lowest BCUT2D eigenvalue weighted by Gasteiger charge is -2.16. The number of amides is 3. The van der Waals surface area contributed by atoms with Gasteiger partial charge in [0.15, 0.2) is 0 Å². The summed E-state index contributed by atoms with van der Waals surface area (Å²) >= 11 is 6.60. The molecule has 2 aromatic carbocycles. The Kier molecular flexibility index (Phi) is 7.19. The summed E-state index contributed by atoms with van der Waals surface area (Å²) in [6.45, 7) is 7.92. The zero-order valence-electron chi connectivity index (χ0n) is 22.0. The highest BCUT2D eigenvalue weighted by atomic mass is 35.5. The van der Waals surface area contributed by atoms with Gasteiger partial charge in [-0.05, 0) is 31.2 Å². The molecule has 2 aromatic heterocycles. The number of aromatic nitrogens is 3. The molecule has 2 heterocycles. The van der Waals surface area contributed by atoms with E-state index in [1.54, 1.807) is 55.2 Å². The number of nitrogens with two attached hydrogens (primary N) is 1. The number of pyridine rings is 1. The van der Waals surface area contributed by atoms with E-state index in [1.807, 2.05) is 26.8 Å². The zero-order valence-corrected chi connectivity index (χ0v) is 22.7. The van der Waals surface area contributed by atoms with Gasteiger partial charge in [-0.3, -0.25) is 19.8 Å². The first-order valence-corrected chi connectivity index (χ1v) is 12.1. The summed E-state index contributed by atoms with van der Waals surface area (Å²) in [7, 11) is 3.22. The molecule has 0 aliphatic carbocycles. The largest absolute Gasteiger partial charge is 0.496 e. The molecule has 10 nitrogen and oxygen atoms in total. The number of aryl methyl sites for hydroxylation is 1. The van der Waals surface area contributed by atoms with Crippen LogP contribution >= 0.6 is 11.6 Å². The third-order valence-electron chi connectivity index (χ3n) is 5.98. The monoisotopic (exact) mass is 536 g/mol. The fraction of sp³-hybridized carbons (Fsp3) is 0.259. The minimum atomic E-state index is -0.632. The van der Waals surface area contributed by atoms with E-state index in [4.69, 9.17) is 26.8 Å². The van der Waals surface area contributed by atoms with Crippen molar-refractivity contribution in [1.29, 1.82) is 0 Å². The van der Waals surface area contributed by atoms with Crippen molar-refractivity contribution in [3.63, 3.8) is 0 Å². The van der Waals surface area contributed by atoms with Gasteiger partial charge in [0, 0.05) is 41.7 Å². The third-order valence-corrected chi connectivity index (χ3v) is 6.47. The number of urea groups is 1. The molecular formula is C27H29ClN6O4. The number of primary amides is 1. The molecular weight excluding hydrogens is 508 g/mol.